The number of aliphatic hydroxyl groups is 1. The van der Waals surface area contributed by atoms with E-state index in [1.807, 2.05) is 6.92 Å². The lowest BCUT2D eigenvalue weighted by molar-refractivity contribution is -0.0126. The number of rotatable bonds is 5. The van der Waals surface area contributed by atoms with Crippen molar-refractivity contribution in [2.45, 2.75) is 24.0 Å². The number of aliphatic hydroxyl groups excluding tert-OH is 1. The van der Waals surface area contributed by atoms with E-state index in [2.05, 4.69) is 4.72 Å². The Morgan fingerprint density at radius 2 is 2.11 bits per heavy atom. The maximum absolute atomic E-state index is 12.1. The van der Waals surface area contributed by atoms with Crippen molar-refractivity contribution in [2.75, 3.05) is 26.4 Å². The van der Waals surface area contributed by atoms with Crippen LogP contribution in [-0.4, -0.2) is 39.9 Å². The first-order valence-corrected chi connectivity index (χ1v) is 8.52. The summed E-state index contributed by atoms with van der Waals surface area (Å²) in [5.74, 6) is 0. The Labute approximate surface area is 117 Å². The zero-order valence-electron chi connectivity index (χ0n) is 10.9. The van der Waals surface area contributed by atoms with Gasteiger partial charge in [0.25, 0.3) is 0 Å². The molecular formula is C12H19NO4S2. The summed E-state index contributed by atoms with van der Waals surface area (Å²) in [5.41, 5.74) is -0.391. The van der Waals surface area contributed by atoms with E-state index in [9.17, 15) is 13.5 Å². The van der Waals surface area contributed by atoms with Crippen LogP contribution in [0.3, 0.4) is 0 Å². The lowest BCUT2D eigenvalue weighted by atomic mass is 9.81. The molecule has 1 aliphatic heterocycles. The molecule has 2 heterocycles. The monoisotopic (exact) mass is 305 g/mol. The number of hydrogen-bond acceptors (Lipinski definition) is 5. The molecule has 1 aromatic heterocycles. The van der Waals surface area contributed by atoms with Gasteiger partial charge in [-0.05, 0) is 31.9 Å². The Balaban J connectivity index is 2.04. The molecule has 0 aromatic carbocycles. The predicted molar refractivity (Wildman–Crippen MR) is 73.8 cm³/mol. The van der Waals surface area contributed by atoms with Crippen LogP contribution >= 0.6 is 11.3 Å². The van der Waals surface area contributed by atoms with Crippen molar-refractivity contribution < 1.29 is 18.3 Å². The number of ether oxygens (including phenoxy) is 1. The Morgan fingerprint density at radius 1 is 1.42 bits per heavy atom. The average molecular weight is 305 g/mol. The van der Waals surface area contributed by atoms with Gasteiger partial charge in [0.05, 0.1) is 6.61 Å². The zero-order valence-corrected chi connectivity index (χ0v) is 12.5. The summed E-state index contributed by atoms with van der Waals surface area (Å²) < 4.78 is 32.5. The number of nitrogens with one attached hydrogen (secondary N) is 1. The summed E-state index contributed by atoms with van der Waals surface area (Å²) in [6, 6.07) is 3.40. The van der Waals surface area contributed by atoms with E-state index in [1.54, 1.807) is 12.1 Å². The normalized spacial score (nSPS) is 19.5. The van der Waals surface area contributed by atoms with E-state index >= 15 is 0 Å². The van der Waals surface area contributed by atoms with Gasteiger partial charge in [0.2, 0.25) is 10.0 Å². The Hall–Kier alpha value is -0.470. The van der Waals surface area contributed by atoms with Gasteiger partial charge in [-0.3, -0.25) is 0 Å². The summed E-state index contributed by atoms with van der Waals surface area (Å²) in [5, 5.41) is 9.53. The number of sulfonamides is 1. The zero-order chi connectivity index (χ0) is 13.9. The molecule has 7 heteroatoms. The first kappa shape index (κ1) is 14.9. The van der Waals surface area contributed by atoms with Gasteiger partial charge >= 0.3 is 0 Å². The molecule has 5 nitrogen and oxygen atoms in total. The highest BCUT2D eigenvalue weighted by Crippen LogP contribution is 2.30. The summed E-state index contributed by atoms with van der Waals surface area (Å²) >= 11 is 1.25. The van der Waals surface area contributed by atoms with Crippen molar-refractivity contribution in [1.82, 2.24) is 4.72 Å². The van der Waals surface area contributed by atoms with Crippen molar-refractivity contribution in [3.05, 3.63) is 17.0 Å². The highest BCUT2D eigenvalue weighted by Gasteiger charge is 2.33. The third-order valence-electron chi connectivity index (χ3n) is 3.51. The van der Waals surface area contributed by atoms with Gasteiger partial charge in [-0.15, -0.1) is 11.3 Å². The molecule has 0 bridgehead atoms. The van der Waals surface area contributed by atoms with Crippen LogP contribution in [-0.2, 0) is 14.8 Å². The van der Waals surface area contributed by atoms with Gasteiger partial charge in [-0.25, -0.2) is 13.1 Å². The fourth-order valence-corrected chi connectivity index (χ4v) is 4.56. The third-order valence-corrected chi connectivity index (χ3v) is 6.40. The molecule has 0 spiro atoms. The topological polar surface area (TPSA) is 75.6 Å². The highest BCUT2D eigenvalue weighted by molar-refractivity contribution is 7.91. The number of thiophene rings is 1. The molecule has 108 valence electrons. The van der Waals surface area contributed by atoms with Gasteiger partial charge < -0.3 is 9.84 Å². The molecule has 0 aliphatic carbocycles. The minimum absolute atomic E-state index is 0.0254. The van der Waals surface area contributed by atoms with Crippen LogP contribution in [0.5, 0.6) is 0 Å². The largest absolute Gasteiger partial charge is 0.396 e. The summed E-state index contributed by atoms with van der Waals surface area (Å²) in [7, 11) is -3.47. The van der Waals surface area contributed by atoms with Gasteiger partial charge in [0, 0.05) is 30.1 Å². The molecule has 0 atom stereocenters. The summed E-state index contributed by atoms with van der Waals surface area (Å²) in [4.78, 5) is 0.961. The van der Waals surface area contributed by atoms with Crippen LogP contribution in [0.2, 0.25) is 0 Å². The quantitative estimate of drug-likeness (QED) is 0.855. The molecule has 0 saturated carbocycles. The van der Waals surface area contributed by atoms with Crippen molar-refractivity contribution in [3.63, 3.8) is 0 Å². The highest BCUT2D eigenvalue weighted by atomic mass is 32.2. The van der Waals surface area contributed by atoms with Crippen molar-refractivity contribution >= 4 is 21.4 Å². The molecule has 2 rings (SSSR count). The molecular weight excluding hydrogens is 286 g/mol. The van der Waals surface area contributed by atoms with Crippen LogP contribution in [0, 0.1) is 12.3 Å². The second-order valence-corrected chi connectivity index (χ2v) is 8.24. The van der Waals surface area contributed by atoms with Gasteiger partial charge in [-0.2, -0.15) is 0 Å². The average Bonchev–Trinajstić information content (AvgIpc) is 2.85. The molecule has 1 aromatic rings. The van der Waals surface area contributed by atoms with E-state index in [1.165, 1.54) is 11.3 Å². The Kier molecular flexibility index (Phi) is 4.62. The van der Waals surface area contributed by atoms with Crippen LogP contribution < -0.4 is 4.72 Å². The number of aryl methyl sites for hydroxylation is 1. The second kappa shape index (κ2) is 5.88. The molecule has 1 fully saturated rings. The Bertz CT molecular complexity index is 518. The van der Waals surface area contributed by atoms with E-state index in [-0.39, 0.29) is 13.2 Å². The Morgan fingerprint density at radius 3 is 2.63 bits per heavy atom. The SMILES string of the molecule is Cc1ccc(S(=O)(=O)NCC2(CO)CCOCC2)s1. The minimum atomic E-state index is -3.47. The van der Waals surface area contributed by atoms with E-state index < -0.39 is 15.4 Å². The smallest absolute Gasteiger partial charge is 0.250 e. The van der Waals surface area contributed by atoms with Crippen LogP contribution in [0.1, 0.15) is 17.7 Å². The minimum Gasteiger partial charge on any atom is -0.396 e. The maximum Gasteiger partial charge on any atom is 0.250 e. The van der Waals surface area contributed by atoms with Crippen LogP contribution in [0.4, 0.5) is 0 Å². The molecule has 1 saturated heterocycles. The van der Waals surface area contributed by atoms with Crippen LogP contribution in [0.15, 0.2) is 16.3 Å². The van der Waals surface area contributed by atoms with Gasteiger partial charge in [-0.1, -0.05) is 0 Å². The van der Waals surface area contributed by atoms with Gasteiger partial charge in [0.1, 0.15) is 4.21 Å². The van der Waals surface area contributed by atoms with Gasteiger partial charge in [0.15, 0.2) is 0 Å². The second-order valence-electron chi connectivity index (χ2n) is 4.96. The fraction of sp³-hybridized carbons (Fsp3) is 0.667. The molecule has 19 heavy (non-hydrogen) atoms. The van der Waals surface area contributed by atoms with E-state index in [4.69, 9.17) is 4.74 Å². The first-order valence-electron chi connectivity index (χ1n) is 6.22. The molecule has 0 radical (unpaired) electrons. The third kappa shape index (κ3) is 3.55. The van der Waals surface area contributed by atoms with Crippen LogP contribution in [0.25, 0.3) is 0 Å². The lowest BCUT2D eigenvalue weighted by Gasteiger charge is -2.35. The van der Waals surface area contributed by atoms with Crippen molar-refractivity contribution in [1.29, 1.82) is 0 Å². The maximum atomic E-state index is 12.1. The first-order chi connectivity index (χ1) is 8.97. The van der Waals surface area contributed by atoms with Crippen molar-refractivity contribution in [3.8, 4) is 0 Å². The molecule has 0 unspecified atom stereocenters. The molecule has 1 aliphatic rings. The van der Waals surface area contributed by atoms with E-state index in [0.29, 0.717) is 30.3 Å². The van der Waals surface area contributed by atoms with Crippen molar-refractivity contribution in [2.24, 2.45) is 5.41 Å². The molecule has 2 N–H and O–H groups in total. The number of hydrogen-bond donors (Lipinski definition) is 2. The standard InChI is InChI=1S/C12H19NO4S2/c1-10-2-3-11(18-10)19(15,16)13-8-12(9-14)4-6-17-7-5-12/h2-3,13-14H,4-9H2,1H3. The lowest BCUT2D eigenvalue weighted by Crippen LogP contribution is -2.43. The summed E-state index contributed by atoms with van der Waals surface area (Å²) in [6.45, 7) is 3.24. The predicted octanol–water partition coefficient (Wildman–Crippen LogP) is 1.12. The van der Waals surface area contributed by atoms with E-state index in [0.717, 1.165) is 4.88 Å². The summed E-state index contributed by atoms with van der Waals surface area (Å²) in [6.07, 6.45) is 1.35. The molecule has 0 amide bonds. The fourth-order valence-electron chi connectivity index (χ4n) is 2.07.